The number of urea groups is 1. The number of benzene rings is 1. The number of ether oxygens (including phenoxy) is 1. The summed E-state index contributed by atoms with van der Waals surface area (Å²) in [4.78, 5) is 34.7. The van der Waals surface area contributed by atoms with Gasteiger partial charge in [0.05, 0.1) is 12.2 Å². The topological polar surface area (TPSA) is 102 Å². The Hall–Kier alpha value is -2.58. The fourth-order valence-electron chi connectivity index (χ4n) is 2.11. The van der Waals surface area contributed by atoms with Crippen LogP contribution in [0.5, 0.6) is 0 Å². The van der Waals surface area contributed by atoms with Crippen molar-refractivity contribution in [1.82, 2.24) is 20.4 Å². The van der Waals surface area contributed by atoms with E-state index in [0.717, 1.165) is 5.56 Å². The highest BCUT2D eigenvalue weighted by atomic mass is 35.5. The fourth-order valence-corrected chi connectivity index (χ4v) is 2.61. The lowest BCUT2D eigenvalue weighted by Crippen LogP contribution is -2.39. The molecular weight excluding hydrogens is 383 g/mol. The lowest BCUT2D eigenvalue weighted by atomic mass is 10.2. The van der Waals surface area contributed by atoms with E-state index in [1.165, 1.54) is 11.7 Å². The van der Waals surface area contributed by atoms with Crippen LogP contribution in [0.15, 0.2) is 24.3 Å². The second-order valence-electron chi connectivity index (χ2n) is 5.20. The minimum absolute atomic E-state index is 0.0477. The van der Waals surface area contributed by atoms with E-state index in [1.54, 1.807) is 19.1 Å². The van der Waals surface area contributed by atoms with Crippen molar-refractivity contribution < 1.29 is 19.1 Å². The number of aromatic nitrogens is 2. The molecule has 0 fully saturated rings. The number of nitrogens with one attached hydrogen (secondary N) is 2. The summed E-state index contributed by atoms with van der Waals surface area (Å²) in [6.45, 7) is 1.23. The Morgan fingerprint density at radius 1 is 1.23 bits per heavy atom. The molecule has 0 atom stereocenters. The minimum atomic E-state index is -0.815. The average molecular weight is 399 g/mol. The first kappa shape index (κ1) is 19.7. The maximum absolute atomic E-state index is 12.2. The van der Waals surface area contributed by atoms with Gasteiger partial charge in [-0.3, -0.25) is 10.1 Å². The molecule has 1 aromatic carbocycles. The van der Waals surface area contributed by atoms with Crippen molar-refractivity contribution in [2.24, 2.45) is 0 Å². The van der Waals surface area contributed by atoms with Gasteiger partial charge in [0.2, 0.25) is 0 Å². The largest absolute Gasteiger partial charge is 0.452 e. The second-order valence-corrected chi connectivity index (χ2v) is 5.97. The monoisotopic (exact) mass is 398 g/mol. The van der Waals surface area contributed by atoms with Crippen molar-refractivity contribution in [3.63, 3.8) is 0 Å². The molecule has 0 saturated carbocycles. The van der Waals surface area contributed by atoms with Crippen LogP contribution in [0.25, 0.3) is 0 Å². The first-order valence-corrected chi connectivity index (χ1v) is 8.24. The van der Waals surface area contributed by atoms with E-state index in [4.69, 9.17) is 27.9 Å². The first-order valence-electron chi connectivity index (χ1n) is 7.48. The van der Waals surface area contributed by atoms with E-state index in [-0.39, 0.29) is 17.3 Å². The van der Waals surface area contributed by atoms with Gasteiger partial charge in [0.15, 0.2) is 6.61 Å². The Labute approximate surface area is 159 Å². The Kier molecular flexibility index (Phi) is 6.59. The van der Waals surface area contributed by atoms with Gasteiger partial charge in [-0.25, -0.2) is 14.3 Å². The molecule has 0 bridgehead atoms. The van der Waals surface area contributed by atoms with Gasteiger partial charge in [-0.15, -0.1) is 0 Å². The quantitative estimate of drug-likeness (QED) is 0.751. The van der Waals surface area contributed by atoms with E-state index in [1.807, 2.05) is 17.4 Å². The van der Waals surface area contributed by atoms with Gasteiger partial charge < -0.3 is 10.1 Å². The molecule has 0 radical (unpaired) electrons. The van der Waals surface area contributed by atoms with Crippen LogP contribution in [-0.4, -0.2) is 41.3 Å². The van der Waals surface area contributed by atoms with Crippen molar-refractivity contribution in [2.75, 3.05) is 13.7 Å². The minimum Gasteiger partial charge on any atom is -0.452 e. The lowest BCUT2D eigenvalue weighted by molar-refractivity contribution is -0.123. The second kappa shape index (κ2) is 8.68. The highest BCUT2D eigenvalue weighted by molar-refractivity contribution is 6.33. The van der Waals surface area contributed by atoms with Crippen LogP contribution in [0.4, 0.5) is 4.79 Å². The van der Waals surface area contributed by atoms with Crippen molar-refractivity contribution in [1.29, 1.82) is 0 Å². The van der Waals surface area contributed by atoms with E-state index < -0.39 is 24.5 Å². The number of esters is 1. The summed E-state index contributed by atoms with van der Waals surface area (Å²) in [6.07, 6.45) is 0. The van der Waals surface area contributed by atoms with Crippen molar-refractivity contribution in [2.45, 2.75) is 13.5 Å². The number of imide groups is 1. The third kappa shape index (κ3) is 4.74. The summed E-state index contributed by atoms with van der Waals surface area (Å²) < 4.78 is 6.31. The molecule has 0 aliphatic heterocycles. The summed E-state index contributed by atoms with van der Waals surface area (Å²) in [5.74, 6) is -1.58. The number of carbonyl (C=O) groups is 3. The molecule has 10 heteroatoms. The number of amides is 3. The van der Waals surface area contributed by atoms with Gasteiger partial charge in [0.25, 0.3) is 5.91 Å². The number of rotatable bonds is 5. The van der Waals surface area contributed by atoms with Crippen LogP contribution in [0.1, 0.15) is 21.6 Å². The average Bonchev–Trinajstić information content (AvgIpc) is 2.88. The summed E-state index contributed by atoms with van der Waals surface area (Å²) in [5, 5.41) is 9.02. The summed E-state index contributed by atoms with van der Waals surface area (Å²) in [5.41, 5.74) is 1.17. The maximum atomic E-state index is 12.2. The van der Waals surface area contributed by atoms with Gasteiger partial charge in [-0.05, 0) is 18.6 Å². The Balaban J connectivity index is 2.09. The van der Waals surface area contributed by atoms with Gasteiger partial charge in [-0.1, -0.05) is 41.4 Å². The first-order chi connectivity index (χ1) is 12.3. The predicted octanol–water partition coefficient (Wildman–Crippen LogP) is 2.16. The van der Waals surface area contributed by atoms with E-state index in [2.05, 4.69) is 10.4 Å². The number of carbonyl (C=O) groups excluding carboxylic acids is 3. The maximum Gasteiger partial charge on any atom is 0.343 e. The number of hydrogen-bond acceptors (Lipinski definition) is 5. The standard InChI is InChI=1S/C16H16Cl2N4O4/c1-9-13(15(24)26-8-12(23)20-16(25)19-2)14(18)22(21-9)7-10-5-3-4-6-11(10)17/h3-6H,7-8H2,1-2H3,(H2,19,20,23,25). The third-order valence-electron chi connectivity index (χ3n) is 3.36. The van der Waals surface area contributed by atoms with Crippen molar-refractivity contribution in [3.8, 4) is 0 Å². The Morgan fingerprint density at radius 3 is 2.58 bits per heavy atom. The molecule has 138 valence electrons. The zero-order valence-corrected chi connectivity index (χ0v) is 15.5. The fraction of sp³-hybridized carbons (Fsp3) is 0.250. The Morgan fingerprint density at radius 2 is 1.92 bits per heavy atom. The third-order valence-corrected chi connectivity index (χ3v) is 4.11. The van der Waals surface area contributed by atoms with Gasteiger partial charge in [0.1, 0.15) is 10.7 Å². The zero-order valence-electron chi connectivity index (χ0n) is 14.0. The molecule has 0 aliphatic rings. The lowest BCUT2D eigenvalue weighted by Gasteiger charge is -2.07. The van der Waals surface area contributed by atoms with Crippen LogP contribution in [0.2, 0.25) is 10.2 Å². The van der Waals surface area contributed by atoms with Crippen LogP contribution in [0.3, 0.4) is 0 Å². The van der Waals surface area contributed by atoms with E-state index >= 15 is 0 Å². The molecule has 0 spiro atoms. The van der Waals surface area contributed by atoms with Crippen molar-refractivity contribution >= 4 is 41.1 Å². The van der Waals surface area contributed by atoms with Crippen molar-refractivity contribution in [3.05, 3.63) is 51.3 Å². The summed E-state index contributed by atoms with van der Waals surface area (Å²) >= 11 is 12.4. The molecule has 1 aromatic heterocycles. The van der Waals surface area contributed by atoms with Crippen LogP contribution < -0.4 is 10.6 Å². The molecule has 2 N–H and O–H groups in total. The van der Waals surface area contributed by atoms with Crippen LogP contribution in [-0.2, 0) is 16.1 Å². The molecule has 1 heterocycles. The highest BCUT2D eigenvalue weighted by Gasteiger charge is 2.23. The van der Waals surface area contributed by atoms with Gasteiger partial charge in [-0.2, -0.15) is 5.10 Å². The molecule has 8 nitrogen and oxygen atoms in total. The number of nitrogens with zero attached hydrogens (tertiary/aromatic N) is 2. The molecule has 0 aliphatic carbocycles. The summed E-state index contributed by atoms with van der Waals surface area (Å²) in [6, 6.07) is 6.48. The number of halogens is 2. The van der Waals surface area contributed by atoms with Crippen LogP contribution >= 0.6 is 23.2 Å². The molecule has 2 aromatic rings. The van der Waals surface area contributed by atoms with Gasteiger partial charge in [0, 0.05) is 12.1 Å². The Bertz CT molecular complexity index is 851. The van der Waals surface area contributed by atoms with Gasteiger partial charge >= 0.3 is 12.0 Å². The SMILES string of the molecule is CNC(=O)NC(=O)COC(=O)c1c(C)nn(Cc2ccccc2Cl)c1Cl. The number of hydrogen-bond donors (Lipinski definition) is 2. The predicted molar refractivity (Wildman–Crippen MR) is 95.4 cm³/mol. The van der Waals surface area contributed by atoms with Crippen LogP contribution in [0, 0.1) is 6.92 Å². The highest BCUT2D eigenvalue weighted by Crippen LogP contribution is 2.24. The molecule has 26 heavy (non-hydrogen) atoms. The normalized spacial score (nSPS) is 10.3. The molecule has 0 saturated heterocycles. The number of aryl methyl sites for hydroxylation is 1. The molecular formula is C16H16Cl2N4O4. The zero-order chi connectivity index (χ0) is 19.3. The van der Waals surface area contributed by atoms with E-state index in [9.17, 15) is 14.4 Å². The smallest absolute Gasteiger partial charge is 0.343 e. The molecule has 2 rings (SSSR count). The molecule has 3 amide bonds. The van der Waals surface area contributed by atoms with E-state index in [0.29, 0.717) is 10.7 Å². The molecule has 0 unspecified atom stereocenters. The summed E-state index contributed by atoms with van der Waals surface area (Å²) in [7, 11) is 1.35.